The molecule has 0 bridgehead atoms. The van der Waals surface area contributed by atoms with E-state index in [-0.39, 0.29) is 0 Å². The van der Waals surface area contributed by atoms with Crippen LogP contribution in [-0.2, 0) is 4.74 Å². The summed E-state index contributed by atoms with van der Waals surface area (Å²) in [5.41, 5.74) is 5.89. The van der Waals surface area contributed by atoms with E-state index in [2.05, 4.69) is 10.9 Å². The average Bonchev–Trinajstić information content (AvgIpc) is 1.90. The predicted octanol–water partition coefficient (Wildman–Crippen LogP) is -0.376. The summed E-state index contributed by atoms with van der Waals surface area (Å²) in [5, 5.41) is 0. The molecule has 0 saturated heterocycles. The van der Waals surface area contributed by atoms with Crippen LogP contribution in [0.1, 0.15) is 0 Å². The highest BCUT2D eigenvalue weighted by molar-refractivity contribution is 4.98. The molecule has 0 atom stereocenters. The van der Waals surface area contributed by atoms with Crippen molar-refractivity contribution in [1.82, 2.24) is 10.9 Å². The van der Waals surface area contributed by atoms with Gasteiger partial charge in [-0.05, 0) is 6.08 Å². The van der Waals surface area contributed by atoms with Crippen molar-refractivity contribution in [3.05, 3.63) is 11.8 Å². The fourth-order valence-corrected chi connectivity index (χ4v) is 0.614. The van der Waals surface area contributed by atoms with Gasteiger partial charge in [0, 0.05) is 6.54 Å². The van der Waals surface area contributed by atoms with Crippen LogP contribution in [0, 0.1) is 0 Å². The summed E-state index contributed by atoms with van der Waals surface area (Å²) < 4.78 is 4.95. The lowest BCUT2D eigenvalue weighted by molar-refractivity contribution is 0.266. The van der Waals surface area contributed by atoms with Gasteiger partial charge in [-0.3, -0.25) is 5.43 Å². The minimum atomic E-state index is 0.788. The number of hydrogen-bond donors (Lipinski definition) is 2. The fraction of sp³-hybridized carbons (Fsp3) is 0.600. The molecule has 0 saturated carbocycles. The Bertz CT molecular complexity index is 101. The summed E-state index contributed by atoms with van der Waals surface area (Å²) in [5.74, 6) is 1.00. The Hall–Kier alpha value is -0.540. The molecule has 2 N–H and O–H groups in total. The molecule has 0 aromatic carbocycles. The van der Waals surface area contributed by atoms with Crippen LogP contribution in [-0.4, -0.2) is 20.2 Å². The normalized spacial score (nSPS) is 19.9. The molecule has 1 heterocycles. The molecule has 3 heteroatoms. The predicted molar refractivity (Wildman–Crippen MR) is 31.1 cm³/mol. The summed E-state index contributed by atoms with van der Waals surface area (Å²) in [7, 11) is 1.68. The molecule has 0 amide bonds. The third-order valence-electron chi connectivity index (χ3n) is 1.08. The van der Waals surface area contributed by atoms with Crippen molar-refractivity contribution in [3.8, 4) is 0 Å². The first-order valence-corrected chi connectivity index (χ1v) is 2.62. The SMILES string of the molecule is COC1=CCNNC1. The molecular formula is C5H10N2O. The zero-order valence-electron chi connectivity index (χ0n) is 4.90. The van der Waals surface area contributed by atoms with Gasteiger partial charge >= 0.3 is 0 Å². The van der Waals surface area contributed by atoms with Gasteiger partial charge in [0.05, 0.1) is 13.7 Å². The molecule has 0 fully saturated rings. The Labute approximate surface area is 48.7 Å². The quantitative estimate of drug-likeness (QED) is 0.487. The van der Waals surface area contributed by atoms with E-state index in [0.717, 1.165) is 18.8 Å². The van der Waals surface area contributed by atoms with Gasteiger partial charge in [0.2, 0.25) is 0 Å². The van der Waals surface area contributed by atoms with Gasteiger partial charge in [0.15, 0.2) is 0 Å². The lowest BCUT2D eigenvalue weighted by Crippen LogP contribution is -2.37. The largest absolute Gasteiger partial charge is 0.500 e. The maximum absolute atomic E-state index is 4.95. The third kappa shape index (κ3) is 1.21. The Morgan fingerprint density at radius 1 is 1.62 bits per heavy atom. The summed E-state index contributed by atoms with van der Waals surface area (Å²) in [6, 6.07) is 0. The zero-order valence-corrected chi connectivity index (χ0v) is 4.90. The van der Waals surface area contributed by atoms with Crippen molar-refractivity contribution in [3.63, 3.8) is 0 Å². The summed E-state index contributed by atoms with van der Waals surface area (Å²) >= 11 is 0. The van der Waals surface area contributed by atoms with E-state index in [9.17, 15) is 0 Å². The van der Waals surface area contributed by atoms with Gasteiger partial charge in [-0.2, -0.15) is 0 Å². The molecule has 1 rings (SSSR count). The Kier molecular flexibility index (Phi) is 1.88. The zero-order chi connectivity index (χ0) is 5.82. The molecule has 3 nitrogen and oxygen atoms in total. The van der Waals surface area contributed by atoms with Crippen LogP contribution in [0.15, 0.2) is 11.8 Å². The smallest absolute Gasteiger partial charge is 0.108 e. The Morgan fingerprint density at radius 2 is 2.50 bits per heavy atom. The maximum Gasteiger partial charge on any atom is 0.108 e. The molecule has 0 aromatic rings. The average molecular weight is 114 g/mol. The highest BCUT2D eigenvalue weighted by Crippen LogP contribution is 1.92. The Balaban J connectivity index is 2.37. The minimum absolute atomic E-state index is 0.788. The molecule has 0 radical (unpaired) electrons. The first-order chi connectivity index (χ1) is 3.93. The van der Waals surface area contributed by atoms with Crippen molar-refractivity contribution in [2.45, 2.75) is 0 Å². The monoisotopic (exact) mass is 114 g/mol. The number of nitrogens with one attached hydrogen (secondary N) is 2. The van der Waals surface area contributed by atoms with Crippen molar-refractivity contribution in [1.29, 1.82) is 0 Å². The van der Waals surface area contributed by atoms with Crippen LogP contribution in [0.25, 0.3) is 0 Å². The van der Waals surface area contributed by atoms with Crippen LogP contribution < -0.4 is 10.9 Å². The lowest BCUT2D eigenvalue weighted by atomic mass is 10.4. The van der Waals surface area contributed by atoms with E-state index >= 15 is 0 Å². The van der Waals surface area contributed by atoms with Crippen LogP contribution >= 0.6 is 0 Å². The lowest BCUT2D eigenvalue weighted by Gasteiger charge is -2.13. The molecule has 1 aliphatic heterocycles. The van der Waals surface area contributed by atoms with Gasteiger partial charge in [-0.25, -0.2) is 5.43 Å². The van der Waals surface area contributed by atoms with E-state index in [1.54, 1.807) is 7.11 Å². The van der Waals surface area contributed by atoms with Gasteiger partial charge in [0.1, 0.15) is 5.76 Å². The van der Waals surface area contributed by atoms with Crippen LogP contribution in [0.5, 0.6) is 0 Å². The first-order valence-electron chi connectivity index (χ1n) is 2.62. The van der Waals surface area contributed by atoms with Gasteiger partial charge < -0.3 is 4.74 Å². The minimum Gasteiger partial charge on any atom is -0.500 e. The highest BCUT2D eigenvalue weighted by Gasteiger charge is 1.98. The topological polar surface area (TPSA) is 33.3 Å². The number of ether oxygens (including phenoxy) is 1. The summed E-state index contributed by atoms with van der Waals surface area (Å²) in [6.07, 6.45) is 2.01. The van der Waals surface area contributed by atoms with Gasteiger partial charge in [0.25, 0.3) is 0 Å². The third-order valence-corrected chi connectivity index (χ3v) is 1.08. The van der Waals surface area contributed by atoms with Gasteiger partial charge in [-0.15, -0.1) is 0 Å². The summed E-state index contributed by atoms with van der Waals surface area (Å²) in [6.45, 7) is 1.64. The molecular weight excluding hydrogens is 104 g/mol. The molecule has 0 aliphatic carbocycles. The summed E-state index contributed by atoms with van der Waals surface area (Å²) in [4.78, 5) is 0. The fourth-order valence-electron chi connectivity index (χ4n) is 0.614. The number of rotatable bonds is 1. The van der Waals surface area contributed by atoms with E-state index in [0.29, 0.717) is 0 Å². The Morgan fingerprint density at radius 3 is 2.88 bits per heavy atom. The van der Waals surface area contributed by atoms with Crippen molar-refractivity contribution >= 4 is 0 Å². The van der Waals surface area contributed by atoms with Crippen LogP contribution in [0.2, 0.25) is 0 Å². The highest BCUT2D eigenvalue weighted by atomic mass is 16.5. The molecule has 8 heavy (non-hydrogen) atoms. The number of hydrazine groups is 1. The van der Waals surface area contributed by atoms with Crippen molar-refractivity contribution in [2.24, 2.45) is 0 Å². The van der Waals surface area contributed by atoms with Crippen molar-refractivity contribution < 1.29 is 4.74 Å². The molecule has 1 aliphatic rings. The standard InChI is InChI=1S/C5H10N2O/c1-8-5-2-3-6-7-4-5/h2,6-7H,3-4H2,1H3. The number of hydrogen-bond acceptors (Lipinski definition) is 3. The van der Waals surface area contributed by atoms with E-state index < -0.39 is 0 Å². The van der Waals surface area contributed by atoms with Crippen molar-refractivity contribution in [2.75, 3.05) is 20.2 Å². The molecule has 0 aromatic heterocycles. The number of methoxy groups -OCH3 is 1. The second-order valence-corrected chi connectivity index (χ2v) is 1.61. The van der Waals surface area contributed by atoms with E-state index in [1.165, 1.54) is 0 Å². The molecule has 46 valence electrons. The second-order valence-electron chi connectivity index (χ2n) is 1.61. The molecule has 0 unspecified atom stereocenters. The van der Waals surface area contributed by atoms with Crippen LogP contribution in [0.4, 0.5) is 0 Å². The first kappa shape index (κ1) is 5.59. The van der Waals surface area contributed by atoms with E-state index in [1.807, 2.05) is 6.08 Å². The van der Waals surface area contributed by atoms with Gasteiger partial charge in [-0.1, -0.05) is 0 Å². The maximum atomic E-state index is 4.95. The second kappa shape index (κ2) is 2.69. The molecule has 0 spiro atoms. The van der Waals surface area contributed by atoms with E-state index in [4.69, 9.17) is 4.74 Å². The van der Waals surface area contributed by atoms with Crippen LogP contribution in [0.3, 0.4) is 0 Å².